The summed E-state index contributed by atoms with van der Waals surface area (Å²) in [6.07, 6.45) is 1.03. The van der Waals surface area contributed by atoms with Gasteiger partial charge in [-0.1, -0.05) is 99.2 Å². The molecule has 2 aromatic rings. The molecule has 5 heteroatoms. The first-order valence-electron chi connectivity index (χ1n) is 11.1. The van der Waals surface area contributed by atoms with Crippen LogP contribution < -0.4 is 0 Å². The molecule has 0 atom stereocenters. The molecule has 2 aromatic carbocycles. The van der Waals surface area contributed by atoms with Gasteiger partial charge in [-0.25, -0.2) is 0 Å². The molecule has 1 radical (unpaired) electrons. The molecule has 0 aromatic heterocycles. The Morgan fingerprint density at radius 1 is 0.844 bits per heavy atom. The number of benzene rings is 2. The van der Waals surface area contributed by atoms with Crippen LogP contribution in [-0.4, -0.2) is 15.1 Å². The second kappa shape index (κ2) is 13.8. The second-order valence-electron chi connectivity index (χ2n) is 11.2. The van der Waals surface area contributed by atoms with E-state index < -0.39 is 20.8 Å². The maximum absolute atomic E-state index is 6.94. The normalized spacial score (nSPS) is 11.9. The monoisotopic (exact) mass is 568 g/mol. The van der Waals surface area contributed by atoms with Crippen LogP contribution in [-0.2, 0) is 38.1 Å². The van der Waals surface area contributed by atoms with Crippen molar-refractivity contribution in [1.29, 1.82) is 0 Å². The summed E-state index contributed by atoms with van der Waals surface area (Å²) in [5.41, 5.74) is 15.4. The molecule has 1 nitrogen and oxygen atoms in total. The SMILES string of the molecule is CC(C)(C)[NH-].CC(C)(C)c1[c-]c2c(cc1)-c1ccc(C(C)(C)C)cc1C2.C[SiH]C.[Cl][Zr+2][Cl]. The summed E-state index contributed by atoms with van der Waals surface area (Å²) in [6, 6.07) is 15.2. The first kappa shape index (κ1) is 32.1. The number of halogens is 2. The molecule has 3 rings (SSSR count). The number of hydrogen-bond acceptors (Lipinski definition) is 0. The van der Waals surface area contributed by atoms with Crippen LogP contribution in [0.1, 0.15) is 84.6 Å². The Balaban J connectivity index is 0.000000737. The molecule has 1 N–H and O–H groups in total. The topological polar surface area (TPSA) is 23.8 Å². The van der Waals surface area contributed by atoms with Crippen molar-refractivity contribution in [2.45, 2.75) is 98.2 Å². The van der Waals surface area contributed by atoms with Crippen molar-refractivity contribution < 1.29 is 20.8 Å². The molecule has 0 saturated heterocycles. The maximum atomic E-state index is 6.94. The van der Waals surface area contributed by atoms with Crippen LogP contribution in [0.25, 0.3) is 16.9 Å². The molecule has 0 aliphatic heterocycles. The summed E-state index contributed by atoms with van der Waals surface area (Å²) in [5.74, 6) is 0. The molecule has 1 aliphatic carbocycles. The van der Waals surface area contributed by atoms with Crippen molar-refractivity contribution in [2.75, 3.05) is 0 Å². The van der Waals surface area contributed by atoms with Crippen LogP contribution in [0.4, 0.5) is 0 Å². The molecule has 0 saturated carbocycles. The van der Waals surface area contributed by atoms with Gasteiger partial charge in [-0.15, -0.1) is 16.7 Å². The average Bonchev–Trinajstić information content (AvgIpc) is 2.97. The molecule has 177 valence electrons. The van der Waals surface area contributed by atoms with E-state index in [9.17, 15) is 0 Å². The van der Waals surface area contributed by atoms with Gasteiger partial charge in [-0.3, -0.25) is 0 Å². The zero-order valence-corrected chi connectivity index (χ0v) is 27.1. The van der Waals surface area contributed by atoms with Gasteiger partial charge >= 0.3 is 37.9 Å². The predicted octanol–water partition coefficient (Wildman–Crippen LogP) is 9.39. The zero-order valence-electron chi connectivity index (χ0n) is 21.9. The van der Waals surface area contributed by atoms with Crippen LogP contribution in [0.3, 0.4) is 0 Å². The summed E-state index contributed by atoms with van der Waals surface area (Å²) in [5, 5.41) is 0. The van der Waals surface area contributed by atoms with Crippen LogP contribution >= 0.6 is 17.0 Å². The first-order valence-corrected chi connectivity index (χ1v) is 19.8. The van der Waals surface area contributed by atoms with Gasteiger partial charge in [-0.05, 0) is 28.4 Å². The molecule has 1 aliphatic rings. The molecule has 0 unspecified atom stereocenters. The van der Waals surface area contributed by atoms with Gasteiger partial charge in [0.25, 0.3) is 0 Å². The van der Waals surface area contributed by atoms with Crippen LogP contribution in [0, 0.1) is 6.07 Å². The Labute approximate surface area is 219 Å². The molecular formula is C27H42Cl2NSiZr. The van der Waals surface area contributed by atoms with Crippen LogP contribution in [0.5, 0.6) is 0 Å². The van der Waals surface area contributed by atoms with Crippen molar-refractivity contribution in [3.63, 3.8) is 0 Å². The predicted molar refractivity (Wildman–Crippen MR) is 146 cm³/mol. The van der Waals surface area contributed by atoms with Gasteiger partial charge in [0.2, 0.25) is 0 Å². The van der Waals surface area contributed by atoms with Gasteiger partial charge in [0.1, 0.15) is 0 Å². The van der Waals surface area contributed by atoms with Gasteiger partial charge in [0.15, 0.2) is 0 Å². The fraction of sp³-hybridized carbons (Fsp3) is 0.556. The van der Waals surface area contributed by atoms with E-state index in [1.54, 1.807) is 0 Å². The molecular weight excluding hydrogens is 529 g/mol. The number of fused-ring (bicyclic) bond motifs is 3. The van der Waals surface area contributed by atoms with Crippen molar-refractivity contribution in [2.24, 2.45) is 0 Å². The Hall–Kier alpha value is 0.0800. The second-order valence-corrected chi connectivity index (χ2v) is 16.1. The van der Waals surface area contributed by atoms with E-state index in [1.807, 2.05) is 20.8 Å². The van der Waals surface area contributed by atoms with E-state index >= 15 is 0 Å². The number of rotatable bonds is 0. The average molecular weight is 571 g/mol. The summed E-state index contributed by atoms with van der Waals surface area (Å²) in [7, 11) is 10.6. The Kier molecular flexibility index (Phi) is 13.9. The standard InChI is InChI=1S/C21H25.C4H10N.C2H7Si.2ClH.Zr/c1-20(2,3)16-7-9-18-14(12-16)11-15-13-17(21(4,5)6)8-10-19(15)18;1-4(2,3)5;1-3-2;;;/h7-10,12H,11H2,1-6H3;5H,1-3H3;3H,1-2H3;2*1H;/q2*-1;;;;+4/p-2. The van der Waals surface area contributed by atoms with E-state index in [2.05, 4.69) is 91.0 Å². The number of nitrogens with one attached hydrogen (secondary N) is 1. The van der Waals surface area contributed by atoms with Crippen LogP contribution in [0.2, 0.25) is 13.1 Å². The zero-order chi connectivity index (χ0) is 25.3. The molecule has 0 heterocycles. The van der Waals surface area contributed by atoms with Crippen molar-refractivity contribution >= 4 is 26.5 Å². The van der Waals surface area contributed by atoms with E-state index in [-0.39, 0.29) is 16.4 Å². The van der Waals surface area contributed by atoms with Crippen LogP contribution in [0.15, 0.2) is 30.3 Å². The Morgan fingerprint density at radius 2 is 1.28 bits per heavy atom. The van der Waals surface area contributed by atoms with Gasteiger partial charge in [0.05, 0.1) is 0 Å². The third-order valence-corrected chi connectivity index (χ3v) is 4.46. The van der Waals surface area contributed by atoms with Crippen molar-refractivity contribution in [3.05, 3.63) is 64.4 Å². The fourth-order valence-corrected chi connectivity index (χ4v) is 3.03. The minimum absolute atomic E-state index is 0.167. The fourth-order valence-electron chi connectivity index (χ4n) is 3.03. The van der Waals surface area contributed by atoms with E-state index in [0.29, 0.717) is 0 Å². The van der Waals surface area contributed by atoms with E-state index in [1.165, 1.54) is 33.4 Å². The molecule has 0 spiro atoms. The Morgan fingerprint density at radius 3 is 1.69 bits per heavy atom. The van der Waals surface area contributed by atoms with Crippen molar-refractivity contribution in [3.8, 4) is 11.1 Å². The summed E-state index contributed by atoms with van der Waals surface area (Å²) >= 11 is -0.826. The summed E-state index contributed by atoms with van der Waals surface area (Å²) in [6.45, 7) is 23.6. The third-order valence-electron chi connectivity index (χ3n) is 4.46. The molecule has 0 bridgehead atoms. The molecule has 0 amide bonds. The van der Waals surface area contributed by atoms with Gasteiger partial charge in [0, 0.05) is 9.52 Å². The van der Waals surface area contributed by atoms with E-state index in [0.717, 1.165) is 15.9 Å². The third kappa shape index (κ3) is 12.0. The quantitative estimate of drug-likeness (QED) is 0.190. The van der Waals surface area contributed by atoms with Gasteiger partial charge < -0.3 is 5.73 Å². The van der Waals surface area contributed by atoms with Gasteiger partial charge in [-0.2, -0.15) is 23.8 Å². The summed E-state index contributed by atoms with van der Waals surface area (Å²) < 4.78 is 0. The minimum atomic E-state index is -0.826. The first-order chi connectivity index (χ1) is 14.5. The van der Waals surface area contributed by atoms with Crippen molar-refractivity contribution in [1.82, 2.24) is 0 Å². The summed E-state index contributed by atoms with van der Waals surface area (Å²) in [4.78, 5) is 0. The van der Waals surface area contributed by atoms with E-state index in [4.69, 9.17) is 22.8 Å². The Bertz CT molecular complexity index is 762. The molecule has 32 heavy (non-hydrogen) atoms. The molecule has 0 fully saturated rings. The number of hydrogen-bond donors (Lipinski definition) is 0.